The maximum atomic E-state index is 9.73. The number of ether oxygens (including phenoxy) is 2. The number of hydrogen-bond acceptors (Lipinski definition) is 4. The molecule has 0 saturated carbocycles. The van der Waals surface area contributed by atoms with E-state index < -0.39 is 12.4 Å². The molecule has 23 heavy (non-hydrogen) atoms. The zero-order chi connectivity index (χ0) is 16.7. The van der Waals surface area contributed by atoms with Gasteiger partial charge in [0.2, 0.25) is 0 Å². The molecule has 4 nitrogen and oxygen atoms in total. The molecule has 0 bridgehead atoms. The van der Waals surface area contributed by atoms with Crippen LogP contribution in [0.1, 0.15) is 37.8 Å². The van der Waals surface area contributed by atoms with Gasteiger partial charge in [-0.25, -0.2) is 0 Å². The summed E-state index contributed by atoms with van der Waals surface area (Å²) in [4.78, 5) is 0. The molecular formula is C19H26O4. The van der Waals surface area contributed by atoms with Gasteiger partial charge in [-0.1, -0.05) is 37.8 Å². The lowest BCUT2D eigenvalue weighted by molar-refractivity contribution is -0.221. The third-order valence-electron chi connectivity index (χ3n) is 3.70. The minimum atomic E-state index is -0.468. The molecular weight excluding hydrogens is 292 g/mol. The quantitative estimate of drug-likeness (QED) is 0.817. The van der Waals surface area contributed by atoms with Crippen molar-refractivity contribution in [3.63, 3.8) is 0 Å². The summed E-state index contributed by atoms with van der Waals surface area (Å²) < 4.78 is 11.2. The molecule has 1 aromatic rings. The second-order valence-electron chi connectivity index (χ2n) is 6.24. The van der Waals surface area contributed by atoms with E-state index >= 15 is 0 Å². The molecule has 0 amide bonds. The van der Waals surface area contributed by atoms with E-state index in [0.717, 1.165) is 12.0 Å². The fraction of sp³-hybridized carbons (Fsp3) is 0.579. The van der Waals surface area contributed by atoms with Gasteiger partial charge in [-0.2, -0.15) is 0 Å². The molecule has 0 aromatic heterocycles. The van der Waals surface area contributed by atoms with Crippen LogP contribution in [0.4, 0.5) is 0 Å². The Labute approximate surface area is 138 Å². The van der Waals surface area contributed by atoms with E-state index in [1.165, 1.54) is 5.56 Å². The summed E-state index contributed by atoms with van der Waals surface area (Å²) in [6.45, 7) is 4.58. The van der Waals surface area contributed by atoms with Crippen LogP contribution in [0.3, 0.4) is 0 Å². The van der Waals surface area contributed by atoms with Crippen LogP contribution >= 0.6 is 0 Å². The molecule has 1 aliphatic rings. The molecule has 1 aliphatic heterocycles. The van der Waals surface area contributed by atoms with Gasteiger partial charge in [0.25, 0.3) is 0 Å². The van der Waals surface area contributed by atoms with E-state index in [-0.39, 0.29) is 12.7 Å². The Bertz CT molecular complexity index is 527. The Morgan fingerprint density at radius 2 is 2.00 bits per heavy atom. The Kier molecular flexibility index (Phi) is 7.07. The van der Waals surface area contributed by atoms with Crippen LogP contribution in [-0.2, 0) is 15.9 Å². The van der Waals surface area contributed by atoms with Crippen molar-refractivity contribution in [2.24, 2.45) is 5.92 Å². The SMILES string of the molecule is CC(C)C#Cc1ccc(CCOC2CC(O)CC(CO)O2)cc1. The number of rotatable bonds is 5. The third kappa shape index (κ3) is 6.32. The van der Waals surface area contributed by atoms with Crippen molar-refractivity contribution in [3.8, 4) is 11.8 Å². The van der Waals surface area contributed by atoms with Crippen molar-refractivity contribution in [3.05, 3.63) is 35.4 Å². The molecule has 1 aromatic carbocycles. The van der Waals surface area contributed by atoms with Crippen LogP contribution in [0.25, 0.3) is 0 Å². The molecule has 3 atom stereocenters. The second-order valence-corrected chi connectivity index (χ2v) is 6.24. The van der Waals surface area contributed by atoms with Crippen LogP contribution in [0.15, 0.2) is 24.3 Å². The Morgan fingerprint density at radius 3 is 2.65 bits per heavy atom. The van der Waals surface area contributed by atoms with Gasteiger partial charge in [-0.15, -0.1) is 0 Å². The minimum Gasteiger partial charge on any atom is -0.394 e. The summed E-state index contributed by atoms with van der Waals surface area (Å²) in [7, 11) is 0. The predicted octanol–water partition coefficient (Wildman–Crippen LogP) is 2.11. The molecule has 4 heteroatoms. The summed E-state index contributed by atoms with van der Waals surface area (Å²) in [6.07, 6.45) is 0.465. The summed E-state index contributed by atoms with van der Waals surface area (Å²) in [5, 5.41) is 18.9. The van der Waals surface area contributed by atoms with E-state index in [2.05, 4.69) is 37.8 Å². The lowest BCUT2D eigenvalue weighted by Crippen LogP contribution is -2.39. The van der Waals surface area contributed by atoms with Crippen LogP contribution in [0, 0.1) is 17.8 Å². The van der Waals surface area contributed by atoms with Crippen LogP contribution in [-0.4, -0.2) is 41.9 Å². The number of aliphatic hydroxyl groups excluding tert-OH is 2. The fourth-order valence-electron chi connectivity index (χ4n) is 2.46. The molecule has 126 valence electrons. The monoisotopic (exact) mass is 318 g/mol. The van der Waals surface area contributed by atoms with Crippen molar-refractivity contribution in [2.45, 2.75) is 51.6 Å². The molecule has 2 N–H and O–H groups in total. The van der Waals surface area contributed by atoms with E-state index in [1.54, 1.807) is 0 Å². The third-order valence-corrected chi connectivity index (χ3v) is 3.70. The topological polar surface area (TPSA) is 58.9 Å². The van der Waals surface area contributed by atoms with Crippen LogP contribution in [0.2, 0.25) is 0 Å². The summed E-state index contributed by atoms with van der Waals surface area (Å²) >= 11 is 0. The van der Waals surface area contributed by atoms with E-state index in [1.807, 2.05) is 12.1 Å². The van der Waals surface area contributed by atoms with E-state index in [0.29, 0.717) is 25.4 Å². The Balaban J connectivity index is 1.77. The largest absolute Gasteiger partial charge is 0.394 e. The van der Waals surface area contributed by atoms with Crippen LogP contribution < -0.4 is 0 Å². The van der Waals surface area contributed by atoms with Gasteiger partial charge < -0.3 is 19.7 Å². The van der Waals surface area contributed by atoms with Crippen molar-refractivity contribution < 1.29 is 19.7 Å². The first-order valence-corrected chi connectivity index (χ1v) is 8.23. The zero-order valence-corrected chi connectivity index (χ0v) is 13.9. The smallest absolute Gasteiger partial charge is 0.160 e. The normalized spacial score (nSPS) is 24.3. The minimum absolute atomic E-state index is 0.0875. The first-order chi connectivity index (χ1) is 11.1. The molecule has 3 unspecified atom stereocenters. The highest BCUT2D eigenvalue weighted by molar-refractivity contribution is 5.36. The molecule has 1 fully saturated rings. The highest BCUT2D eigenvalue weighted by Gasteiger charge is 2.28. The summed E-state index contributed by atoms with van der Waals surface area (Å²) in [6, 6.07) is 8.16. The van der Waals surface area contributed by atoms with Gasteiger partial charge in [-0.3, -0.25) is 0 Å². The highest BCUT2D eigenvalue weighted by atomic mass is 16.7. The Hall–Kier alpha value is -1.38. The molecule has 0 radical (unpaired) electrons. The van der Waals surface area contributed by atoms with Gasteiger partial charge in [0, 0.05) is 24.3 Å². The van der Waals surface area contributed by atoms with Crippen LogP contribution in [0.5, 0.6) is 0 Å². The van der Waals surface area contributed by atoms with Crippen molar-refractivity contribution in [1.29, 1.82) is 0 Å². The van der Waals surface area contributed by atoms with Crippen molar-refractivity contribution >= 4 is 0 Å². The second kappa shape index (κ2) is 9.05. The fourth-order valence-corrected chi connectivity index (χ4v) is 2.46. The highest BCUT2D eigenvalue weighted by Crippen LogP contribution is 2.20. The lowest BCUT2D eigenvalue weighted by Gasteiger charge is -2.32. The predicted molar refractivity (Wildman–Crippen MR) is 88.8 cm³/mol. The van der Waals surface area contributed by atoms with Gasteiger partial charge in [0.15, 0.2) is 6.29 Å². The van der Waals surface area contributed by atoms with E-state index in [4.69, 9.17) is 14.6 Å². The molecule has 2 rings (SSSR count). The van der Waals surface area contributed by atoms with Crippen molar-refractivity contribution in [1.82, 2.24) is 0 Å². The molecule has 0 aliphatic carbocycles. The van der Waals surface area contributed by atoms with Gasteiger partial charge in [0.05, 0.1) is 25.4 Å². The average Bonchev–Trinajstić information content (AvgIpc) is 2.53. The van der Waals surface area contributed by atoms with E-state index in [9.17, 15) is 5.11 Å². The number of hydrogen-bond donors (Lipinski definition) is 2. The Morgan fingerprint density at radius 1 is 1.26 bits per heavy atom. The van der Waals surface area contributed by atoms with Gasteiger partial charge in [-0.05, 0) is 24.1 Å². The maximum absolute atomic E-state index is 9.73. The molecule has 1 heterocycles. The number of benzene rings is 1. The first-order valence-electron chi connectivity index (χ1n) is 8.23. The summed E-state index contributed by atoms with van der Waals surface area (Å²) in [5.41, 5.74) is 2.20. The van der Waals surface area contributed by atoms with Gasteiger partial charge >= 0.3 is 0 Å². The average molecular weight is 318 g/mol. The zero-order valence-electron chi connectivity index (χ0n) is 13.9. The summed E-state index contributed by atoms with van der Waals surface area (Å²) in [5.74, 6) is 6.66. The molecule has 1 saturated heterocycles. The number of aliphatic hydroxyl groups is 2. The van der Waals surface area contributed by atoms with Gasteiger partial charge in [0.1, 0.15) is 0 Å². The standard InChI is InChI=1S/C19H26O4/c1-14(2)3-4-15-5-7-16(8-6-15)9-10-22-19-12-17(21)11-18(13-20)23-19/h5-8,14,17-21H,9-13H2,1-2H3. The lowest BCUT2D eigenvalue weighted by atomic mass is 10.1. The maximum Gasteiger partial charge on any atom is 0.160 e. The first kappa shape index (κ1) is 18.0. The molecule has 0 spiro atoms. The van der Waals surface area contributed by atoms with Crippen molar-refractivity contribution in [2.75, 3.05) is 13.2 Å².